The molecule has 0 aromatic heterocycles. The van der Waals surface area contributed by atoms with Crippen molar-refractivity contribution in [3.8, 4) is 5.75 Å². The minimum atomic E-state index is 0.652. The van der Waals surface area contributed by atoms with E-state index in [1.54, 1.807) is 0 Å². The summed E-state index contributed by atoms with van der Waals surface area (Å²) < 4.78 is 11.0. The summed E-state index contributed by atoms with van der Waals surface area (Å²) in [6.45, 7) is 7.85. The highest BCUT2D eigenvalue weighted by Crippen LogP contribution is 2.26. The molecule has 1 N–H and O–H groups in total. The van der Waals surface area contributed by atoms with E-state index >= 15 is 0 Å². The van der Waals surface area contributed by atoms with Crippen molar-refractivity contribution in [3.63, 3.8) is 0 Å². The first kappa shape index (κ1) is 15.3. The van der Waals surface area contributed by atoms with Gasteiger partial charge >= 0.3 is 0 Å². The molecule has 3 nitrogen and oxygen atoms in total. The first-order valence-corrected chi connectivity index (χ1v) is 6.86. The number of rotatable bonds is 9. The van der Waals surface area contributed by atoms with Crippen LogP contribution < -0.4 is 10.1 Å². The fraction of sp³-hybridized carbons (Fsp3) is 0.571. The van der Waals surface area contributed by atoms with E-state index < -0.39 is 0 Å². The van der Waals surface area contributed by atoms with E-state index in [1.807, 2.05) is 25.1 Å². The van der Waals surface area contributed by atoms with Gasteiger partial charge in [0.25, 0.3) is 0 Å². The molecule has 1 aromatic carbocycles. The zero-order valence-corrected chi connectivity index (χ0v) is 11.9. The topological polar surface area (TPSA) is 30.5 Å². The van der Waals surface area contributed by atoms with Gasteiger partial charge in [-0.1, -0.05) is 24.6 Å². The summed E-state index contributed by atoms with van der Waals surface area (Å²) in [6.07, 6.45) is 0.890. The van der Waals surface area contributed by atoms with Crippen LogP contribution >= 0.6 is 11.6 Å². The fourth-order valence-electron chi connectivity index (χ4n) is 1.58. The lowest BCUT2D eigenvalue weighted by molar-refractivity contribution is 0.130. The van der Waals surface area contributed by atoms with Crippen LogP contribution in [0.15, 0.2) is 18.2 Å². The molecular weight excluding hydrogens is 250 g/mol. The molecule has 18 heavy (non-hydrogen) atoms. The van der Waals surface area contributed by atoms with Crippen LogP contribution in [0.25, 0.3) is 0 Å². The minimum Gasteiger partial charge on any atom is -0.493 e. The summed E-state index contributed by atoms with van der Waals surface area (Å²) in [5, 5.41) is 4.02. The van der Waals surface area contributed by atoms with E-state index in [4.69, 9.17) is 21.1 Å². The first-order valence-electron chi connectivity index (χ1n) is 6.48. The lowest BCUT2D eigenvalue weighted by Crippen LogP contribution is -2.14. The Morgan fingerprint density at radius 2 is 2.06 bits per heavy atom. The molecule has 0 bridgehead atoms. The Balaban J connectivity index is 2.50. The van der Waals surface area contributed by atoms with Gasteiger partial charge in [-0.15, -0.1) is 0 Å². The maximum atomic E-state index is 6.18. The molecule has 0 amide bonds. The van der Waals surface area contributed by atoms with E-state index in [9.17, 15) is 0 Å². The number of nitrogens with one attached hydrogen (secondary N) is 1. The third-order valence-corrected chi connectivity index (χ3v) is 2.88. The van der Waals surface area contributed by atoms with Crippen LogP contribution in [0.3, 0.4) is 0 Å². The van der Waals surface area contributed by atoms with Crippen LogP contribution in [0, 0.1) is 0 Å². The molecule has 0 aliphatic rings. The normalized spacial score (nSPS) is 10.6. The zero-order chi connectivity index (χ0) is 13.2. The van der Waals surface area contributed by atoms with E-state index in [-0.39, 0.29) is 0 Å². The van der Waals surface area contributed by atoms with Gasteiger partial charge in [-0.3, -0.25) is 0 Å². The van der Waals surface area contributed by atoms with Crippen molar-refractivity contribution in [1.29, 1.82) is 0 Å². The Hall–Kier alpha value is -0.770. The van der Waals surface area contributed by atoms with E-state index in [1.165, 1.54) is 0 Å². The summed E-state index contributed by atoms with van der Waals surface area (Å²) in [7, 11) is 0. The van der Waals surface area contributed by atoms with Crippen molar-refractivity contribution >= 4 is 11.6 Å². The van der Waals surface area contributed by atoms with Crippen LogP contribution in [-0.4, -0.2) is 26.4 Å². The van der Waals surface area contributed by atoms with Gasteiger partial charge in [0.05, 0.1) is 6.61 Å². The second-order valence-corrected chi connectivity index (χ2v) is 4.30. The van der Waals surface area contributed by atoms with Crippen LogP contribution in [0.4, 0.5) is 0 Å². The van der Waals surface area contributed by atoms with Gasteiger partial charge in [-0.05, 0) is 25.6 Å². The molecule has 0 atom stereocenters. The van der Waals surface area contributed by atoms with Crippen LogP contribution in [0.2, 0.25) is 5.02 Å². The average Bonchev–Trinajstić information content (AvgIpc) is 2.38. The summed E-state index contributed by atoms with van der Waals surface area (Å²) in [5.41, 5.74) is 1.03. The third kappa shape index (κ3) is 5.25. The molecule has 0 spiro atoms. The second kappa shape index (κ2) is 9.20. The number of halogens is 1. The molecule has 0 saturated heterocycles. The lowest BCUT2D eigenvalue weighted by atomic mass is 10.2. The van der Waals surface area contributed by atoms with Gasteiger partial charge in [0.1, 0.15) is 5.75 Å². The average molecular weight is 272 g/mol. The van der Waals surface area contributed by atoms with E-state index in [0.29, 0.717) is 6.61 Å². The SMILES string of the molecule is CCNCc1c(Cl)cccc1OCCCOCC. The molecule has 0 radical (unpaired) electrons. The van der Waals surface area contributed by atoms with Crippen molar-refractivity contribution in [2.45, 2.75) is 26.8 Å². The maximum absolute atomic E-state index is 6.18. The van der Waals surface area contributed by atoms with E-state index in [2.05, 4.69) is 12.2 Å². The quantitative estimate of drug-likeness (QED) is 0.700. The Labute approximate surface area is 114 Å². The summed E-state index contributed by atoms with van der Waals surface area (Å²) >= 11 is 6.18. The molecule has 0 unspecified atom stereocenters. The monoisotopic (exact) mass is 271 g/mol. The van der Waals surface area contributed by atoms with Gasteiger partial charge in [-0.25, -0.2) is 0 Å². The highest BCUT2D eigenvalue weighted by Gasteiger charge is 2.07. The van der Waals surface area contributed by atoms with Crippen molar-refractivity contribution in [2.24, 2.45) is 0 Å². The predicted molar refractivity (Wildman–Crippen MR) is 75.4 cm³/mol. The van der Waals surface area contributed by atoms with Gasteiger partial charge in [0.15, 0.2) is 0 Å². The molecule has 0 aliphatic carbocycles. The van der Waals surface area contributed by atoms with Crippen LogP contribution in [-0.2, 0) is 11.3 Å². The molecular formula is C14H22ClNO2. The Morgan fingerprint density at radius 1 is 1.22 bits per heavy atom. The Morgan fingerprint density at radius 3 is 2.78 bits per heavy atom. The lowest BCUT2D eigenvalue weighted by Gasteiger charge is -2.13. The number of benzene rings is 1. The van der Waals surface area contributed by atoms with Gasteiger partial charge in [0.2, 0.25) is 0 Å². The van der Waals surface area contributed by atoms with Crippen molar-refractivity contribution in [3.05, 3.63) is 28.8 Å². The van der Waals surface area contributed by atoms with Crippen molar-refractivity contribution < 1.29 is 9.47 Å². The summed E-state index contributed by atoms with van der Waals surface area (Å²) in [5.74, 6) is 0.861. The van der Waals surface area contributed by atoms with Crippen LogP contribution in [0.5, 0.6) is 5.75 Å². The molecule has 0 heterocycles. The standard InChI is InChI=1S/C14H22ClNO2/c1-3-16-11-12-13(15)7-5-8-14(12)18-10-6-9-17-4-2/h5,7-8,16H,3-4,6,9-11H2,1-2H3. The molecule has 0 saturated carbocycles. The molecule has 102 valence electrons. The third-order valence-electron chi connectivity index (χ3n) is 2.52. The molecule has 0 fully saturated rings. The Kier molecular flexibility index (Phi) is 7.81. The minimum absolute atomic E-state index is 0.652. The number of ether oxygens (including phenoxy) is 2. The summed E-state index contributed by atoms with van der Waals surface area (Å²) in [6, 6.07) is 5.76. The van der Waals surface area contributed by atoms with Gasteiger partial charge in [-0.2, -0.15) is 0 Å². The largest absolute Gasteiger partial charge is 0.493 e. The molecule has 1 rings (SSSR count). The first-order chi connectivity index (χ1) is 8.79. The molecule has 4 heteroatoms. The summed E-state index contributed by atoms with van der Waals surface area (Å²) in [4.78, 5) is 0. The fourth-order valence-corrected chi connectivity index (χ4v) is 1.82. The second-order valence-electron chi connectivity index (χ2n) is 3.90. The van der Waals surface area contributed by atoms with Crippen molar-refractivity contribution in [1.82, 2.24) is 5.32 Å². The predicted octanol–water partition coefficient (Wildman–Crippen LogP) is 3.25. The van der Waals surface area contributed by atoms with Gasteiger partial charge < -0.3 is 14.8 Å². The molecule has 0 aliphatic heterocycles. The van der Waals surface area contributed by atoms with Gasteiger partial charge in [0, 0.05) is 36.8 Å². The smallest absolute Gasteiger partial charge is 0.125 e. The number of hydrogen-bond donors (Lipinski definition) is 1. The zero-order valence-electron chi connectivity index (χ0n) is 11.2. The highest BCUT2D eigenvalue weighted by atomic mass is 35.5. The van der Waals surface area contributed by atoms with Crippen molar-refractivity contribution in [2.75, 3.05) is 26.4 Å². The number of hydrogen-bond acceptors (Lipinski definition) is 3. The molecule has 1 aromatic rings. The highest BCUT2D eigenvalue weighted by molar-refractivity contribution is 6.31. The van der Waals surface area contributed by atoms with Crippen LogP contribution in [0.1, 0.15) is 25.8 Å². The Bertz CT molecular complexity index is 345. The maximum Gasteiger partial charge on any atom is 0.125 e. The van der Waals surface area contributed by atoms with E-state index in [0.717, 1.165) is 49.1 Å².